The molecule has 0 amide bonds. The average molecular weight is 177 g/mol. The van der Waals surface area contributed by atoms with Crippen LogP contribution in [0.5, 0.6) is 0 Å². The van der Waals surface area contributed by atoms with Crippen LogP contribution in [0, 0.1) is 0 Å². The molecule has 0 aliphatic rings. The monoisotopic (exact) mass is 177 g/mol. The third-order valence-electron chi connectivity index (χ3n) is 1.60. The molecule has 0 fully saturated rings. The smallest absolute Gasteiger partial charge is 0.429 e. The second-order valence-corrected chi connectivity index (χ2v) is 3.46. The maximum Gasteiger partial charge on any atom is 0.484 e. The molecule has 0 saturated carbocycles. The van der Waals surface area contributed by atoms with Gasteiger partial charge in [-0.3, -0.25) is 0 Å². The van der Waals surface area contributed by atoms with E-state index in [4.69, 9.17) is 15.2 Å². The first-order chi connectivity index (χ1) is 5.16. The van der Waals surface area contributed by atoms with Gasteiger partial charge < -0.3 is 19.9 Å². The van der Waals surface area contributed by atoms with E-state index in [1.54, 1.807) is 27.7 Å². The van der Waals surface area contributed by atoms with Gasteiger partial charge in [-0.1, -0.05) is 0 Å². The van der Waals surface area contributed by atoms with Crippen molar-refractivity contribution in [2.24, 2.45) is 0 Å². The molecule has 0 aromatic heterocycles. The molecule has 0 bridgehead atoms. The molecule has 4 nitrogen and oxygen atoms in total. The fourth-order valence-electron chi connectivity index (χ4n) is 0. The highest BCUT2D eigenvalue weighted by atomic mass is 16.5. The standard InChI is InChI=1S/C6H14O2.CH4BO2/c1-5(2,7)6(3,4)8;1-4-2-3/h7-8H,1-4H3;3H,1H3. The van der Waals surface area contributed by atoms with Gasteiger partial charge in [-0.15, -0.1) is 0 Å². The summed E-state index contributed by atoms with van der Waals surface area (Å²) in [6, 6.07) is 0. The van der Waals surface area contributed by atoms with Crippen molar-refractivity contribution in [2.45, 2.75) is 38.9 Å². The predicted octanol–water partition coefficient (Wildman–Crippen LogP) is -0.313. The maximum absolute atomic E-state index is 9.10. The highest BCUT2D eigenvalue weighted by Crippen LogP contribution is 2.19. The Balaban J connectivity index is 0. The van der Waals surface area contributed by atoms with Gasteiger partial charge in [-0.2, -0.15) is 0 Å². The van der Waals surface area contributed by atoms with Crippen LogP contribution in [0.4, 0.5) is 0 Å². The summed E-state index contributed by atoms with van der Waals surface area (Å²) >= 11 is 0. The Bertz CT molecular complexity index is 89.0. The summed E-state index contributed by atoms with van der Waals surface area (Å²) < 4.78 is 3.97. The van der Waals surface area contributed by atoms with E-state index >= 15 is 0 Å². The van der Waals surface area contributed by atoms with Crippen LogP contribution in [0.1, 0.15) is 27.7 Å². The SMILES string of the molecule is CC(C)(O)C(C)(C)O.CO[B]O. The van der Waals surface area contributed by atoms with Crippen molar-refractivity contribution in [2.75, 3.05) is 7.11 Å². The molecule has 3 N–H and O–H groups in total. The lowest BCUT2D eigenvalue weighted by atomic mass is 9.90. The Morgan fingerprint density at radius 2 is 1.17 bits per heavy atom. The van der Waals surface area contributed by atoms with E-state index in [0.717, 1.165) is 0 Å². The summed E-state index contributed by atoms with van der Waals surface area (Å²) in [6.45, 7) is 6.31. The molecule has 12 heavy (non-hydrogen) atoms. The Morgan fingerprint density at radius 3 is 1.17 bits per heavy atom. The van der Waals surface area contributed by atoms with Crippen LogP contribution < -0.4 is 0 Å². The zero-order valence-electron chi connectivity index (χ0n) is 8.33. The fourth-order valence-corrected chi connectivity index (χ4v) is 0. The molecule has 0 rings (SSSR count). The molecule has 0 heterocycles. The fraction of sp³-hybridized carbons (Fsp3) is 1.00. The van der Waals surface area contributed by atoms with Crippen LogP contribution in [0.25, 0.3) is 0 Å². The minimum absolute atomic E-state index is 0.625. The first-order valence-electron chi connectivity index (χ1n) is 3.60. The van der Waals surface area contributed by atoms with Crippen LogP contribution in [0.2, 0.25) is 0 Å². The summed E-state index contributed by atoms with van der Waals surface area (Å²) in [7, 11) is 2.00. The lowest BCUT2D eigenvalue weighted by molar-refractivity contribution is -0.107. The zero-order valence-corrected chi connectivity index (χ0v) is 8.33. The maximum atomic E-state index is 9.10. The molecule has 0 aromatic carbocycles. The summed E-state index contributed by atoms with van der Waals surface area (Å²) in [4.78, 5) is 0. The summed E-state index contributed by atoms with van der Waals surface area (Å²) in [5.41, 5.74) is -2.01. The molecule has 0 aliphatic heterocycles. The van der Waals surface area contributed by atoms with Gasteiger partial charge in [0, 0.05) is 7.11 Å². The van der Waals surface area contributed by atoms with E-state index in [9.17, 15) is 0 Å². The van der Waals surface area contributed by atoms with Crippen molar-refractivity contribution in [1.82, 2.24) is 0 Å². The molecule has 1 radical (unpaired) electrons. The van der Waals surface area contributed by atoms with E-state index in [1.807, 2.05) is 0 Å². The second kappa shape index (κ2) is 5.53. The average Bonchev–Trinajstić information content (AvgIpc) is 1.84. The molecule has 5 heteroatoms. The first kappa shape index (κ1) is 14.4. The van der Waals surface area contributed by atoms with Gasteiger partial charge in [0.05, 0.1) is 11.2 Å². The third kappa shape index (κ3) is 8.01. The molecule has 0 aromatic rings. The van der Waals surface area contributed by atoms with Crippen LogP contribution in [-0.4, -0.2) is 41.2 Å². The molecule has 0 spiro atoms. The largest absolute Gasteiger partial charge is 0.484 e. The first-order valence-corrected chi connectivity index (χ1v) is 3.60. The second-order valence-electron chi connectivity index (χ2n) is 3.46. The van der Waals surface area contributed by atoms with Crippen LogP contribution in [-0.2, 0) is 4.65 Å². The van der Waals surface area contributed by atoms with Gasteiger partial charge in [0.25, 0.3) is 0 Å². The van der Waals surface area contributed by atoms with E-state index in [-0.39, 0.29) is 0 Å². The molecular formula is C7H18BO4. The summed E-state index contributed by atoms with van der Waals surface area (Å²) in [6.07, 6.45) is 0. The van der Waals surface area contributed by atoms with Crippen molar-refractivity contribution < 1.29 is 19.9 Å². The minimum atomic E-state index is -1.01. The van der Waals surface area contributed by atoms with E-state index in [0.29, 0.717) is 7.69 Å². The number of hydrogen-bond donors (Lipinski definition) is 3. The lowest BCUT2D eigenvalue weighted by Crippen LogP contribution is -2.44. The quantitative estimate of drug-likeness (QED) is 0.506. The minimum Gasteiger partial charge on any atom is -0.429 e. The summed E-state index contributed by atoms with van der Waals surface area (Å²) in [5.74, 6) is 0. The Labute approximate surface area is 74.5 Å². The Kier molecular flexibility index (Phi) is 6.65. The van der Waals surface area contributed by atoms with Gasteiger partial charge in [0.1, 0.15) is 0 Å². The zero-order chi connectivity index (χ0) is 10.4. The van der Waals surface area contributed by atoms with Crippen molar-refractivity contribution in [1.29, 1.82) is 0 Å². The van der Waals surface area contributed by atoms with E-state index in [1.165, 1.54) is 7.11 Å². The normalized spacial score (nSPS) is 11.7. The topological polar surface area (TPSA) is 69.9 Å². The molecule has 0 unspecified atom stereocenters. The molecular weight excluding hydrogens is 159 g/mol. The van der Waals surface area contributed by atoms with Crippen molar-refractivity contribution in [3.63, 3.8) is 0 Å². The highest BCUT2D eigenvalue weighted by molar-refractivity contribution is 6.15. The highest BCUT2D eigenvalue weighted by Gasteiger charge is 2.31. The number of rotatable bonds is 2. The van der Waals surface area contributed by atoms with Crippen LogP contribution in [0.3, 0.4) is 0 Å². The van der Waals surface area contributed by atoms with Gasteiger partial charge >= 0.3 is 7.69 Å². The van der Waals surface area contributed by atoms with Crippen molar-refractivity contribution in [3.05, 3.63) is 0 Å². The van der Waals surface area contributed by atoms with Gasteiger partial charge in [-0.05, 0) is 27.7 Å². The molecule has 0 saturated heterocycles. The lowest BCUT2D eigenvalue weighted by Gasteiger charge is -2.31. The summed E-state index contributed by atoms with van der Waals surface area (Å²) in [5, 5.41) is 25.7. The molecule has 73 valence electrons. The van der Waals surface area contributed by atoms with E-state index in [2.05, 4.69) is 4.65 Å². The van der Waals surface area contributed by atoms with Gasteiger partial charge in [0.2, 0.25) is 0 Å². The molecule has 0 atom stereocenters. The van der Waals surface area contributed by atoms with Gasteiger partial charge in [0.15, 0.2) is 0 Å². The Hall–Kier alpha value is -0.0951. The number of hydrogen-bond acceptors (Lipinski definition) is 4. The third-order valence-corrected chi connectivity index (χ3v) is 1.60. The van der Waals surface area contributed by atoms with Crippen molar-refractivity contribution >= 4 is 7.69 Å². The molecule has 0 aliphatic carbocycles. The van der Waals surface area contributed by atoms with E-state index < -0.39 is 11.2 Å². The number of aliphatic hydroxyl groups is 2. The van der Waals surface area contributed by atoms with Crippen molar-refractivity contribution in [3.8, 4) is 0 Å². The predicted molar refractivity (Wildman–Crippen MR) is 47.6 cm³/mol. The van der Waals surface area contributed by atoms with Crippen LogP contribution >= 0.6 is 0 Å². The van der Waals surface area contributed by atoms with Crippen LogP contribution in [0.15, 0.2) is 0 Å². The Morgan fingerprint density at radius 1 is 1.00 bits per heavy atom. The van der Waals surface area contributed by atoms with Gasteiger partial charge in [-0.25, -0.2) is 0 Å².